The van der Waals surface area contributed by atoms with Gasteiger partial charge in [-0.25, -0.2) is 12.8 Å². The molecule has 0 fully saturated rings. The Hall–Kier alpha value is -3.10. The summed E-state index contributed by atoms with van der Waals surface area (Å²) < 4.78 is 46.6. The summed E-state index contributed by atoms with van der Waals surface area (Å²) in [5.41, 5.74) is 0.919. The summed E-state index contributed by atoms with van der Waals surface area (Å²) in [6.07, 6.45) is 0. The van der Waals surface area contributed by atoms with Gasteiger partial charge in [-0.05, 0) is 61.0 Å². The zero-order valence-corrected chi connectivity index (χ0v) is 18.9. The molecule has 0 heterocycles. The number of rotatable bonds is 9. The number of ether oxygens (including phenoxy) is 1. The molecule has 32 heavy (non-hydrogen) atoms. The van der Waals surface area contributed by atoms with E-state index in [-0.39, 0.29) is 22.9 Å². The lowest BCUT2D eigenvalue weighted by molar-refractivity contribution is -0.119. The summed E-state index contributed by atoms with van der Waals surface area (Å²) >= 11 is 5.90. The van der Waals surface area contributed by atoms with E-state index in [1.165, 1.54) is 36.4 Å². The molecule has 3 aromatic carbocycles. The molecule has 0 spiro atoms. The fourth-order valence-corrected chi connectivity index (χ4v) is 4.52. The van der Waals surface area contributed by atoms with Gasteiger partial charge in [0.25, 0.3) is 10.0 Å². The summed E-state index contributed by atoms with van der Waals surface area (Å²) in [5.74, 6) is -0.579. The van der Waals surface area contributed by atoms with Gasteiger partial charge < -0.3 is 10.1 Å². The fourth-order valence-electron chi connectivity index (χ4n) is 2.96. The molecule has 1 N–H and O–H groups in total. The highest BCUT2D eigenvalue weighted by atomic mass is 35.5. The quantitative estimate of drug-likeness (QED) is 0.497. The zero-order valence-electron chi connectivity index (χ0n) is 17.3. The summed E-state index contributed by atoms with van der Waals surface area (Å²) in [7, 11) is -4.11. The average molecular weight is 477 g/mol. The van der Waals surface area contributed by atoms with E-state index in [0.29, 0.717) is 22.9 Å². The maximum atomic E-state index is 13.5. The minimum absolute atomic E-state index is 0.0143. The Labute approximate surface area is 191 Å². The van der Waals surface area contributed by atoms with Gasteiger partial charge in [0.1, 0.15) is 18.1 Å². The Morgan fingerprint density at radius 3 is 2.34 bits per heavy atom. The second kappa shape index (κ2) is 10.5. The lowest BCUT2D eigenvalue weighted by Crippen LogP contribution is -2.40. The van der Waals surface area contributed by atoms with E-state index in [9.17, 15) is 17.6 Å². The first-order valence-electron chi connectivity index (χ1n) is 9.82. The van der Waals surface area contributed by atoms with Crippen LogP contribution in [0.2, 0.25) is 5.02 Å². The van der Waals surface area contributed by atoms with Crippen molar-refractivity contribution in [1.82, 2.24) is 5.32 Å². The van der Waals surface area contributed by atoms with E-state index in [0.717, 1.165) is 4.31 Å². The third-order valence-electron chi connectivity index (χ3n) is 4.53. The van der Waals surface area contributed by atoms with E-state index in [1.54, 1.807) is 43.3 Å². The summed E-state index contributed by atoms with van der Waals surface area (Å²) in [4.78, 5) is 12.7. The summed E-state index contributed by atoms with van der Waals surface area (Å²) in [6, 6.07) is 18.0. The molecule has 0 saturated carbocycles. The van der Waals surface area contributed by atoms with Crippen molar-refractivity contribution in [2.24, 2.45) is 0 Å². The first-order valence-corrected chi connectivity index (χ1v) is 11.6. The molecule has 0 saturated heterocycles. The molecule has 1 amide bonds. The Balaban J connectivity index is 1.91. The van der Waals surface area contributed by atoms with Crippen molar-refractivity contribution in [1.29, 1.82) is 0 Å². The van der Waals surface area contributed by atoms with Crippen LogP contribution in [0.4, 0.5) is 10.1 Å². The van der Waals surface area contributed by atoms with Crippen molar-refractivity contribution in [3.8, 4) is 5.75 Å². The van der Waals surface area contributed by atoms with Gasteiger partial charge in [0.15, 0.2) is 0 Å². The van der Waals surface area contributed by atoms with Gasteiger partial charge >= 0.3 is 0 Å². The Morgan fingerprint density at radius 1 is 1.03 bits per heavy atom. The second-order valence-electron chi connectivity index (χ2n) is 6.77. The maximum Gasteiger partial charge on any atom is 0.264 e. The molecule has 9 heteroatoms. The van der Waals surface area contributed by atoms with Crippen molar-refractivity contribution < 1.29 is 22.3 Å². The number of benzene rings is 3. The number of sulfonamides is 1. The van der Waals surface area contributed by atoms with Crippen molar-refractivity contribution >= 4 is 33.2 Å². The number of nitrogens with one attached hydrogen (secondary N) is 1. The summed E-state index contributed by atoms with van der Waals surface area (Å²) in [5, 5.41) is 3.06. The minimum atomic E-state index is -4.11. The fraction of sp³-hybridized carbons (Fsp3) is 0.174. The number of hydrogen-bond acceptors (Lipinski definition) is 4. The highest BCUT2D eigenvalue weighted by Gasteiger charge is 2.29. The predicted molar refractivity (Wildman–Crippen MR) is 122 cm³/mol. The molecule has 3 rings (SSSR count). The van der Waals surface area contributed by atoms with Gasteiger partial charge in [0.2, 0.25) is 5.91 Å². The molecule has 0 radical (unpaired) electrons. The number of amides is 1. The topological polar surface area (TPSA) is 75.7 Å². The van der Waals surface area contributed by atoms with Crippen LogP contribution in [0.3, 0.4) is 0 Å². The van der Waals surface area contributed by atoms with Crippen LogP contribution in [-0.4, -0.2) is 27.5 Å². The van der Waals surface area contributed by atoms with Crippen LogP contribution in [0.1, 0.15) is 12.5 Å². The number of carbonyl (C=O) groups excluding carboxylic acids is 1. The van der Waals surface area contributed by atoms with Crippen LogP contribution in [0.5, 0.6) is 5.75 Å². The molecule has 0 aliphatic heterocycles. The van der Waals surface area contributed by atoms with Gasteiger partial charge in [-0.2, -0.15) is 0 Å². The highest BCUT2D eigenvalue weighted by molar-refractivity contribution is 7.92. The normalized spacial score (nSPS) is 11.1. The molecule has 0 unspecified atom stereocenters. The monoisotopic (exact) mass is 476 g/mol. The Kier molecular flexibility index (Phi) is 7.71. The number of halogens is 2. The molecule has 3 aromatic rings. The van der Waals surface area contributed by atoms with Crippen molar-refractivity contribution in [2.75, 3.05) is 17.5 Å². The molecule has 6 nitrogen and oxygen atoms in total. The zero-order chi connectivity index (χ0) is 23.1. The van der Waals surface area contributed by atoms with Gasteiger partial charge in [-0.15, -0.1) is 0 Å². The van der Waals surface area contributed by atoms with Crippen molar-refractivity contribution in [3.63, 3.8) is 0 Å². The molecule has 0 aliphatic carbocycles. The standard InChI is InChI=1S/C23H22ClFN2O4S/c1-2-31-22-6-4-3-5-21(22)27(32(29,30)20-13-9-18(24)10-14-20)16-23(28)26-15-17-7-11-19(25)12-8-17/h3-14H,2,15-16H2,1H3,(H,26,28). The Morgan fingerprint density at radius 2 is 1.69 bits per heavy atom. The number of hydrogen-bond donors (Lipinski definition) is 1. The lowest BCUT2D eigenvalue weighted by atomic mass is 10.2. The first-order chi connectivity index (χ1) is 15.3. The van der Waals surface area contributed by atoms with Crippen LogP contribution in [0.25, 0.3) is 0 Å². The van der Waals surface area contributed by atoms with Crippen LogP contribution in [0, 0.1) is 5.82 Å². The van der Waals surface area contributed by atoms with E-state index in [4.69, 9.17) is 16.3 Å². The van der Waals surface area contributed by atoms with Gasteiger partial charge in [0, 0.05) is 11.6 Å². The van der Waals surface area contributed by atoms with Crippen LogP contribution in [-0.2, 0) is 21.4 Å². The van der Waals surface area contributed by atoms with Crippen molar-refractivity contribution in [3.05, 3.63) is 89.2 Å². The van der Waals surface area contributed by atoms with Crippen molar-refractivity contribution in [2.45, 2.75) is 18.4 Å². The molecule has 0 bridgehead atoms. The van der Waals surface area contributed by atoms with Gasteiger partial charge in [-0.1, -0.05) is 35.9 Å². The molecule has 0 atom stereocenters. The van der Waals surface area contributed by atoms with E-state index in [1.807, 2.05) is 0 Å². The third-order valence-corrected chi connectivity index (χ3v) is 6.55. The number of carbonyl (C=O) groups is 1. The largest absolute Gasteiger partial charge is 0.492 e. The molecule has 0 aromatic heterocycles. The number of para-hydroxylation sites is 2. The lowest BCUT2D eigenvalue weighted by Gasteiger charge is -2.26. The molecular formula is C23H22ClFN2O4S. The highest BCUT2D eigenvalue weighted by Crippen LogP contribution is 2.32. The van der Waals surface area contributed by atoms with E-state index >= 15 is 0 Å². The summed E-state index contributed by atoms with van der Waals surface area (Å²) in [6.45, 7) is 1.75. The van der Waals surface area contributed by atoms with E-state index in [2.05, 4.69) is 5.32 Å². The number of nitrogens with zero attached hydrogens (tertiary/aromatic N) is 1. The predicted octanol–water partition coefficient (Wildman–Crippen LogP) is 4.39. The minimum Gasteiger partial charge on any atom is -0.492 e. The maximum absolute atomic E-state index is 13.5. The SMILES string of the molecule is CCOc1ccccc1N(CC(=O)NCc1ccc(F)cc1)S(=O)(=O)c1ccc(Cl)cc1. The number of anilines is 1. The van der Waals surface area contributed by atoms with Crippen LogP contribution in [0.15, 0.2) is 77.7 Å². The molecule has 0 aliphatic rings. The van der Waals surface area contributed by atoms with Gasteiger partial charge in [-0.3, -0.25) is 9.10 Å². The molecule has 168 valence electrons. The molecular weight excluding hydrogens is 455 g/mol. The van der Waals surface area contributed by atoms with Gasteiger partial charge in [0.05, 0.1) is 17.2 Å². The first kappa shape index (κ1) is 23.6. The Bertz CT molecular complexity index is 1170. The van der Waals surface area contributed by atoms with Crippen LogP contribution >= 0.6 is 11.6 Å². The third kappa shape index (κ3) is 5.77. The average Bonchev–Trinajstić information content (AvgIpc) is 2.78. The second-order valence-corrected chi connectivity index (χ2v) is 9.07. The van der Waals surface area contributed by atoms with Crippen LogP contribution < -0.4 is 14.4 Å². The van der Waals surface area contributed by atoms with E-state index < -0.39 is 22.5 Å². The smallest absolute Gasteiger partial charge is 0.264 e.